The Labute approximate surface area is 115 Å². The minimum Gasteiger partial charge on any atom is -0.477 e. The fourth-order valence-corrected chi connectivity index (χ4v) is 1.55. The number of imidazole rings is 1. The molecule has 1 heterocycles. The highest BCUT2D eigenvalue weighted by Crippen LogP contribution is 2.21. The molecule has 0 aliphatic rings. The van der Waals surface area contributed by atoms with Gasteiger partial charge in [-0.3, -0.25) is 14.9 Å². The Kier molecular flexibility index (Phi) is 3.61. The zero-order valence-corrected chi connectivity index (χ0v) is 10.2. The highest BCUT2D eigenvalue weighted by molar-refractivity contribution is 6.08. The number of carboxylic acids is 1. The molecule has 21 heavy (non-hydrogen) atoms. The first-order valence-corrected chi connectivity index (χ1v) is 5.42. The number of hydrogen-bond donors (Lipinski definition) is 3. The van der Waals surface area contributed by atoms with Gasteiger partial charge in [0.15, 0.2) is 11.4 Å². The van der Waals surface area contributed by atoms with Crippen LogP contribution in [0.15, 0.2) is 24.5 Å². The first-order valence-electron chi connectivity index (χ1n) is 5.42. The number of nitro benzene ring substituents is 1. The van der Waals surface area contributed by atoms with E-state index < -0.39 is 34.0 Å². The smallest absolute Gasteiger partial charge is 0.354 e. The minimum absolute atomic E-state index is 0.0672. The second-order valence-electron chi connectivity index (χ2n) is 3.81. The maximum atomic E-state index is 13.4. The summed E-state index contributed by atoms with van der Waals surface area (Å²) in [7, 11) is 0. The van der Waals surface area contributed by atoms with Gasteiger partial charge in [0, 0.05) is 17.8 Å². The Hall–Kier alpha value is -3.30. The van der Waals surface area contributed by atoms with Crippen LogP contribution in [0, 0.1) is 15.9 Å². The number of nitrogens with zero attached hydrogens (tertiary/aromatic N) is 2. The molecule has 0 radical (unpaired) electrons. The molecule has 0 bridgehead atoms. The minimum atomic E-state index is -1.38. The van der Waals surface area contributed by atoms with E-state index in [1.54, 1.807) is 0 Å². The van der Waals surface area contributed by atoms with E-state index in [0.29, 0.717) is 0 Å². The van der Waals surface area contributed by atoms with Gasteiger partial charge in [0.05, 0.1) is 11.3 Å². The Morgan fingerprint density at radius 1 is 1.43 bits per heavy atom. The molecule has 1 aromatic heterocycles. The standard InChI is InChI=1S/C11H7FN4O5/c12-6-3-5(1-2-7(6)16(20)21)15-10(17)8-9(11(18)19)14-4-13-8/h1-4H,(H,13,14)(H,15,17)(H,18,19). The quantitative estimate of drug-likeness (QED) is 0.575. The molecule has 9 nitrogen and oxygen atoms in total. The monoisotopic (exact) mass is 294 g/mol. The molecule has 0 spiro atoms. The van der Waals surface area contributed by atoms with Crippen LogP contribution in [0.3, 0.4) is 0 Å². The topological polar surface area (TPSA) is 138 Å². The van der Waals surface area contributed by atoms with E-state index in [2.05, 4.69) is 15.3 Å². The number of rotatable bonds is 4. The first-order chi connectivity index (χ1) is 9.90. The Bertz CT molecular complexity index is 742. The van der Waals surface area contributed by atoms with Gasteiger partial charge in [0.25, 0.3) is 5.91 Å². The molecule has 2 aromatic rings. The molecule has 1 aromatic carbocycles. The van der Waals surface area contributed by atoms with Crippen molar-refractivity contribution in [2.75, 3.05) is 5.32 Å². The molecule has 0 aliphatic heterocycles. The largest absolute Gasteiger partial charge is 0.477 e. The summed E-state index contributed by atoms with van der Waals surface area (Å²) in [6, 6.07) is 2.75. The third-order valence-electron chi connectivity index (χ3n) is 2.47. The van der Waals surface area contributed by atoms with Crippen LogP contribution in [0.2, 0.25) is 0 Å². The zero-order valence-electron chi connectivity index (χ0n) is 10.2. The second kappa shape index (κ2) is 5.36. The van der Waals surface area contributed by atoms with E-state index in [9.17, 15) is 24.1 Å². The average Bonchev–Trinajstić information content (AvgIpc) is 2.87. The molecule has 0 saturated carbocycles. The summed E-state index contributed by atoms with van der Waals surface area (Å²) < 4.78 is 13.4. The van der Waals surface area contributed by atoms with Gasteiger partial charge in [-0.2, -0.15) is 4.39 Å². The predicted molar refractivity (Wildman–Crippen MR) is 66.6 cm³/mol. The molecule has 2 rings (SSSR count). The van der Waals surface area contributed by atoms with Crippen LogP contribution in [0.5, 0.6) is 0 Å². The fraction of sp³-hybridized carbons (Fsp3) is 0. The molecular weight excluding hydrogens is 287 g/mol. The number of aromatic carboxylic acids is 1. The van der Waals surface area contributed by atoms with Crippen molar-refractivity contribution in [3.63, 3.8) is 0 Å². The lowest BCUT2D eigenvalue weighted by Gasteiger charge is -2.04. The highest BCUT2D eigenvalue weighted by Gasteiger charge is 2.21. The number of hydrogen-bond acceptors (Lipinski definition) is 5. The van der Waals surface area contributed by atoms with E-state index in [0.717, 1.165) is 24.5 Å². The van der Waals surface area contributed by atoms with Gasteiger partial charge in [0.2, 0.25) is 5.82 Å². The van der Waals surface area contributed by atoms with Gasteiger partial charge in [-0.25, -0.2) is 9.78 Å². The molecule has 0 aliphatic carbocycles. The normalized spacial score (nSPS) is 10.1. The summed E-state index contributed by atoms with van der Waals surface area (Å²) in [5.41, 5.74) is -1.61. The van der Waals surface area contributed by atoms with Crippen molar-refractivity contribution in [3.05, 3.63) is 51.8 Å². The molecule has 0 fully saturated rings. The van der Waals surface area contributed by atoms with E-state index in [1.165, 1.54) is 0 Å². The third kappa shape index (κ3) is 2.83. The van der Waals surface area contributed by atoms with Gasteiger partial charge in [0.1, 0.15) is 0 Å². The molecule has 1 amide bonds. The van der Waals surface area contributed by atoms with Crippen LogP contribution >= 0.6 is 0 Å². The summed E-state index contributed by atoms with van der Waals surface area (Å²) in [5.74, 6) is -3.40. The van der Waals surface area contributed by atoms with Gasteiger partial charge in [-0.05, 0) is 6.07 Å². The molecule has 0 saturated heterocycles. The van der Waals surface area contributed by atoms with Crippen LogP contribution in [0.25, 0.3) is 0 Å². The molecule has 3 N–H and O–H groups in total. The van der Waals surface area contributed by atoms with Crippen LogP contribution in [0.1, 0.15) is 21.0 Å². The van der Waals surface area contributed by atoms with Gasteiger partial charge in [-0.15, -0.1) is 0 Å². The highest BCUT2D eigenvalue weighted by atomic mass is 19.1. The number of aromatic amines is 1. The molecule has 0 atom stereocenters. The Morgan fingerprint density at radius 3 is 2.71 bits per heavy atom. The summed E-state index contributed by atoms with van der Waals surface area (Å²) >= 11 is 0. The van der Waals surface area contributed by atoms with Gasteiger partial charge in [-0.1, -0.05) is 0 Å². The second-order valence-corrected chi connectivity index (χ2v) is 3.81. The first kappa shape index (κ1) is 14.1. The van der Waals surface area contributed by atoms with Crippen molar-refractivity contribution in [1.82, 2.24) is 9.97 Å². The van der Waals surface area contributed by atoms with Crippen LogP contribution in [-0.2, 0) is 0 Å². The van der Waals surface area contributed by atoms with Crippen molar-refractivity contribution in [2.45, 2.75) is 0 Å². The SMILES string of the molecule is O=C(Nc1ccc([N+](=O)[O-])c(F)c1)c1nc[nH]c1C(=O)O. The lowest BCUT2D eigenvalue weighted by molar-refractivity contribution is -0.387. The van der Waals surface area contributed by atoms with Crippen molar-refractivity contribution in [1.29, 1.82) is 0 Å². The summed E-state index contributed by atoms with van der Waals surface area (Å²) in [6.07, 6.45) is 1.02. The van der Waals surface area contributed by atoms with Gasteiger partial charge >= 0.3 is 11.7 Å². The Morgan fingerprint density at radius 2 is 2.14 bits per heavy atom. The fourth-order valence-electron chi connectivity index (χ4n) is 1.55. The third-order valence-corrected chi connectivity index (χ3v) is 2.47. The maximum absolute atomic E-state index is 13.4. The average molecular weight is 294 g/mol. The molecule has 108 valence electrons. The molecule has 0 unspecified atom stereocenters. The number of amides is 1. The number of nitrogens with one attached hydrogen (secondary N) is 2. The maximum Gasteiger partial charge on any atom is 0.354 e. The van der Waals surface area contributed by atoms with Gasteiger partial charge < -0.3 is 15.4 Å². The number of carbonyl (C=O) groups excluding carboxylic acids is 1. The van der Waals surface area contributed by atoms with Crippen molar-refractivity contribution >= 4 is 23.3 Å². The number of aromatic nitrogens is 2. The van der Waals surface area contributed by atoms with Crippen LogP contribution in [0.4, 0.5) is 15.8 Å². The summed E-state index contributed by atoms with van der Waals surface area (Å²) in [4.78, 5) is 38.0. The van der Waals surface area contributed by atoms with Crippen LogP contribution in [-0.4, -0.2) is 31.9 Å². The zero-order chi connectivity index (χ0) is 15.6. The number of anilines is 1. The lowest BCUT2D eigenvalue weighted by atomic mass is 10.2. The van der Waals surface area contributed by atoms with E-state index >= 15 is 0 Å². The van der Waals surface area contributed by atoms with E-state index in [-0.39, 0.29) is 11.4 Å². The number of halogens is 1. The molecule has 10 heteroatoms. The molecular formula is C11H7FN4O5. The van der Waals surface area contributed by atoms with Crippen molar-refractivity contribution in [2.24, 2.45) is 0 Å². The number of H-pyrrole nitrogens is 1. The number of carbonyl (C=O) groups is 2. The number of benzene rings is 1. The summed E-state index contributed by atoms with van der Waals surface area (Å²) in [5, 5.41) is 21.5. The van der Waals surface area contributed by atoms with Crippen LogP contribution < -0.4 is 5.32 Å². The number of carboxylic acid groups (broad SMARTS) is 1. The van der Waals surface area contributed by atoms with E-state index in [4.69, 9.17) is 5.11 Å². The summed E-state index contributed by atoms with van der Waals surface area (Å²) in [6.45, 7) is 0. The Balaban J connectivity index is 2.24. The van der Waals surface area contributed by atoms with Crippen molar-refractivity contribution in [3.8, 4) is 0 Å². The van der Waals surface area contributed by atoms with E-state index in [1.807, 2.05) is 0 Å². The van der Waals surface area contributed by atoms with Crippen molar-refractivity contribution < 1.29 is 24.0 Å². The predicted octanol–water partition coefficient (Wildman–Crippen LogP) is 1.41. The lowest BCUT2D eigenvalue weighted by Crippen LogP contribution is -2.16. The number of nitro groups is 1.